The van der Waals surface area contributed by atoms with Crippen LogP contribution in [0.25, 0.3) is 0 Å². The minimum absolute atomic E-state index is 0.0214. The molecule has 100 valence electrons. The van der Waals surface area contributed by atoms with Gasteiger partial charge in [0, 0.05) is 11.6 Å². The normalized spacial score (nSPS) is 27.7. The van der Waals surface area contributed by atoms with Gasteiger partial charge in [-0.15, -0.1) is 0 Å². The summed E-state index contributed by atoms with van der Waals surface area (Å²) < 4.78 is 0. The van der Waals surface area contributed by atoms with Crippen LogP contribution in [0.2, 0.25) is 0 Å². The number of hydrogen-bond donors (Lipinski definition) is 3. The van der Waals surface area contributed by atoms with Crippen LogP contribution in [0.15, 0.2) is 18.2 Å². The molecule has 1 fully saturated rings. The summed E-state index contributed by atoms with van der Waals surface area (Å²) in [6.45, 7) is 1.77. The predicted molar refractivity (Wildman–Crippen MR) is 70.0 cm³/mol. The van der Waals surface area contributed by atoms with Crippen molar-refractivity contribution >= 4 is 17.6 Å². The quantitative estimate of drug-likeness (QED) is 0.728. The maximum atomic E-state index is 12.2. The Morgan fingerprint density at radius 1 is 1.37 bits per heavy atom. The summed E-state index contributed by atoms with van der Waals surface area (Å²) in [6, 6.07) is 1.66. The Kier molecular flexibility index (Phi) is 2.69. The van der Waals surface area contributed by atoms with E-state index < -0.39 is 5.97 Å². The maximum absolute atomic E-state index is 12.2. The van der Waals surface area contributed by atoms with Gasteiger partial charge in [-0.05, 0) is 37.7 Å². The van der Waals surface area contributed by atoms with Gasteiger partial charge in [-0.2, -0.15) is 0 Å². The molecule has 2 bridgehead atoms. The minimum Gasteiger partial charge on any atom is -0.477 e. The van der Waals surface area contributed by atoms with Gasteiger partial charge in [0.05, 0.1) is 5.69 Å². The summed E-state index contributed by atoms with van der Waals surface area (Å²) in [5.74, 6) is -0.313. The molecule has 0 spiro atoms. The van der Waals surface area contributed by atoms with Crippen LogP contribution in [-0.4, -0.2) is 22.0 Å². The van der Waals surface area contributed by atoms with Crippen molar-refractivity contribution in [2.75, 3.05) is 5.32 Å². The molecule has 1 saturated carbocycles. The number of carbonyl (C=O) groups is 2. The molecule has 1 amide bonds. The Morgan fingerprint density at radius 3 is 2.74 bits per heavy atom. The van der Waals surface area contributed by atoms with Crippen molar-refractivity contribution in [1.29, 1.82) is 0 Å². The summed E-state index contributed by atoms with van der Waals surface area (Å²) in [6.07, 6.45) is 6.21. The van der Waals surface area contributed by atoms with Gasteiger partial charge < -0.3 is 15.4 Å². The largest absolute Gasteiger partial charge is 0.477 e. The Hall–Kier alpha value is -2.04. The van der Waals surface area contributed by atoms with Crippen LogP contribution in [0.1, 0.15) is 29.0 Å². The SMILES string of the molecule is Cc1cc(NC(=O)C2CC3C=CC2C3)c(C(=O)O)[nH]1. The first-order chi connectivity index (χ1) is 9.04. The predicted octanol–water partition coefficient (Wildman–Crippen LogP) is 2.17. The number of hydrogen-bond acceptors (Lipinski definition) is 2. The van der Waals surface area contributed by atoms with E-state index >= 15 is 0 Å². The number of H-pyrrole nitrogens is 1. The molecule has 0 saturated heterocycles. The molecule has 1 aromatic rings. The zero-order chi connectivity index (χ0) is 13.6. The Balaban J connectivity index is 1.76. The van der Waals surface area contributed by atoms with Gasteiger partial charge in [0.2, 0.25) is 5.91 Å². The smallest absolute Gasteiger partial charge is 0.354 e. The Bertz CT molecular complexity index is 573. The van der Waals surface area contributed by atoms with E-state index in [-0.39, 0.29) is 17.5 Å². The molecule has 5 nitrogen and oxygen atoms in total. The molecule has 3 atom stereocenters. The van der Waals surface area contributed by atoms with Crippen molar-refractivity contribution in [3.8, 4) is 0 Å². The standard InChI is InChI=1S/C14H16N2O3/c1-7-4-11(12(15-7)14(18)19)16-13(17)10-6-8-2-3-9(10)5-8/h2-4,8-10,15H,5-6H2,1H3,(H,16,17)(H,18,19). The molecule has 0 aromatic carbocycles. The lowest BCUT2D eigenvalue weighted by atomic mass is 9.93. The second kappa shape index (κ2) is 4.26. The fourth-order valence-electron chi connectivity index (χ4n) is 3.16. The van der Waals surface area contributed by atoms with Crippen LogP contribution >= 0.6 is 0 Å². The molecule has 3 N–H and O–H groups in total. The molecule has 1 aromatic heterocycles. The zero-order valence-electron chi connectivity index (χ0n) is 10.6. The van der Waals surface area contributed by atoms with E-state index in [9.17, 15) is 9.59 Å². The van der Waals surface area contributed by atoms with Crippen molar-refractivity contribution in [1.82, 2.24) is 4.98 Å². The number of allylic oxidation sites excluding steroid dienone is 2. The number of nitrogens with one attached hydrogen (secondary N) is 2. The van der Waals surface area contributed by atoms with E-state index in [1.165, 1.54) is 0 Å². The molecule has 0 radical (unpaired) electrons. The highest BCUT2D eigenvalue weighted by Gasteiger charge is 2.40. The molecule has 1 heterocycles. The van der Waals surface area contributed by atoms with E-state index in [4.69, 9.17) is 5.11 Å². The van der Waals surface area contributed by atoms with Gasteiger partial charge in [-0.1, -0.05) is 12.2 Å². The number of carbonyl (C=O) groups excluding carboxylic acids is 1. The average molecular weight is 260 g/mol. The molecular formula is C14H16N2O3. The third-order valence-corrected chi connectivity index (χ3v) is 4.04. The lowest BCUT2D eigenvalue weighted by Crippen LogP contribution is -2.26. The summed E-state index contributed by atoms with van der Waals surface area (Å²) in [7, 11) is 0. The summed E-state index contributed by atoms with van der Waals surface area (Å²) in [4.78, 5) is 26.1. The van der Waals surface area contributed by atoms with Gasteiger partial charge in [-0.25, -0.2) is 4.79 Å². The number of carboxylic acids is 1. The van der Waals surface area contributed by atoms with Crippen molar-refractivity contribution < 1.29 is 14.7 Å². The van der Waals surface area contributed by atoms with Gasteiger partial charge in [0.15, 0.2) is 0 Å². The summed E-state index contributed by atoms with van der Waals surface area (Å²) >= 11 is 0. The zero-order valence-corrected chi connectivity index (χ0v) is 10.6. The van der Waals surface area contributed by atoms with Gasteiger partial charge >= 0.3 is 5.97 Å². The molecule has 2 aliphatic rings. The lowest BCUT2D eigenvalue weighted by Gasteiger charge is -2.17. The fourth-order valence-corrected chi connectivity index (χ4v) is 3.16. The third-order valence-electron chi connectivity index (χ3n) is 4.04. The molecule has 19 heavy (non-hydrogen) atoms. The summed E-state index contributed by atoms with van der Waals surface area (Å²) in [5.41, 5.74) is 1.13. The molecule has 3 unspecified atom stereocenters. The van der Waals surface area contributed by atoms with E-state index in [1.807, 2.05) is 0 Å². The monoisotopic (exact) mass is 260 g/mol. The maximum Gasteiger partial charge on any atom is 0.354 e. The number of anilines is 1. The highest BCUT2D eigenvalue weighted by atomic mass is 16.4. The Labute approximate surface area is 110 Å². The van der Waals surface area contributed by atoms with Crippen molar-refractivity contribution in [3.05, 3.63) is 29.6 Å². The van der Waals surface area contributed by atoms with Gasteiger partial charge in [0.1, 0.15) is 5.69 Å². The first kappa shape index (κ1) is 12.0. The van der Waals surface area contributed by atoms with E-state index in [1.54, 1.807) is 13.0 Å². The number of carboxylic acid groups (broad SMARTS) is 1. The number of aryl methyl sites for hydroxylation is 1. The highest BCUT2D eigenvalue weighted by Crippen LogP contribution is 2.43. The van der Waals surface area contributed by atoms with Gasteiger partial charge in [0.25, 0.3) is 0 Å². The first-order valence-corrected chi connectivity index (χ1v) is 6.46. The Morgan fingerprint density at radius 2 is 2.16 bits per heavy atom. The number of fused-ring (bicyclic) bond motifs is 2. The van der Waals surface area contributed by atoms with Crippen molar-refractivity contribution in [2.24, 2.45) is 17.8 Å². The van der Waals surface area contributed by atoms with Crippen molar-refractivity contribution in [3.63, 3.8) is 0 Å². The number of amides is 1. The average Bonchev–Trinajstić information content (AvgIpc) is 3.03. The van der Waals surface area contributed by atoms with Crippen LogP contribution in [-0.2, 0) is 4.79 Å². The summed E-state index contributed by atoms with van der Waals surface area (Å²) in [5, 5.41) is 11.8. The molecule has 2 aliphatic carbocycles. The minimum atomic E-state index is -1.06. The molecule has 5 heteroatoms. The number of aromatic nitrogens is 1. The fraction of sp³-hybridized carbons (Fsp3) is 0.429. The van der Waals surface area contributed by atoms with E-state index in [0.29, 0.717) is 17.5 Å². The molecule has 0 aliphatic heterocycles. The highest BCUT2D eigenvalue weighted by molar-refractivity contribution is 6.00. The topological polar surface area (TPSA) is 82.2 Å². The first-order valence-electron chi connectivity index (χ1n) is 6.46. The van der Waals surface area contributed by atoms with Crippen molar-refractivity contribution in [2.45, 2.75) is 19.8 Å². The van der Waals surface area contributed by atoms with Crippen LogP contribution in [0, 0.1) is 24.7 Å². The van der Waals surface area contributed by atoms with Crippen LogP contribution in [0.4, 0.5) is 5.69 Å². The third kappa shape index (κ3) is 2.05. The van der Waals surface area contributed by atoms with Crippen LogP contribution in [0.3, 0.4) is 0 Å². The number of rotatable bonds is 3. The van der Waals surface area contributed by atoms with Gasteiger partial charge in [-0.3, -0.25) is 4.79 Å². The number of aromatic amines is 1. The number of aromatic carboxylic acids is 1. The lowest BCUT2D eigenvalue weighted by molar-refractivity contribution is -0.120. The van der Waals surface area contributed by atoms with Crippen LogP contribution < -0.4 is 5.32 Å². The van der Waals surface area contributed by atoms with E-state index in [2.05, 4.69) is 22.5 Å². The van der Waals surface area contributed by atoms with Crippen LogP contribution in [0.5, 0.6) is 0 Å². The molecular weight excluding hydrogens is 244 g/mol. The second-order valence-corrected chi connectivity index (χ2v) is 5.42. The van der Waals surface area contributed by atoms with E-state index in [0.717, 1.165) is 18.5 Å². The second-order valence-electron chi connectivity index (χ2n) is 5.42. The molecule has 3 rings (SSSR count).